The SMILES string of the molecule is Cc1cc(C)c(OC(=O)Nc2cccc3ccccc23)c(-c2ccccc2)c1. The molecule has 28 heavy (non-hydrogen) atoms. The number of nitrogens with one attached hydrogen (secondary N) is 1. The minimum absolute atomic E-state index is 0.500. The Morgan fingerprint density at radius 1 is 0.821 bits per heavy atom. The summed E-state index contributed by atoms with van der Waals surface area (Å²) in [5, 5.41) is 4.94. The fraction of sp³-hybridized carbons (Fsp3) is 0.0800. The normalized spacial score (nSPS) is 10.6. The summed E-state index contributed by atoms with van der Waals surface area (Å²) in [6.07, 6.45) is -0.500. The zero-order valence-electron chi connectivity index (χ0n) is 15.9. The number of benzene rings is 4. The van der Waals surface area contributed by atoms with Gasteiger partial charge in [-0.15, -0.1) is 0 Å². The van der Waals surface area contributed by atoms with Crippen LogP contribution in [0.15, 0.2) is 84.9 Å². The van der Waals surface area contributed by atoms with E-state index in [4.69, 9.17) is 4.74 Å². The monoisotopic (exact) mass is 367 g/mol. The quantitative estimate of drug-likeness (QED) is 0.436. The molecule has 1 amide bonds. The Labute approximate surface area is 164 Å². The fourth-order valence-electron chi connectivity index (χ4n) is 3.48. The Morgan fingerprint density at radius 2 is 1.54 bits per heavy atom. The summed E-state index contributed by atoms with van der Waals surface area (Å²) >= 11 is 0. The van der Waals surface area contributed by atoms with E-state index in [-0.39, 0.29) is 0 Å². The van der Waals surface area contributed by atoms with Crippen molar-refractivity contribution in [3.63, 3.8) is 0 Å². The molecule has 0 aliphatic carbocycles. The number of anilines is 1. The number of rotatable bonds is 3. The van der Waals surface area contributed by atoms with E-state index >= 15 is 0 Å². The Bertz CT molecular complexity index is 1140. The molecule has 3 heteroatoms. The highest BCUT2D eigenvalue weighted by Crippen LogP contribution is 2.34. The number of fused-ring (bicyclic) bond motifs is 1. The third kappa shape index (κ3) is 3.60. The van der Waals surface area contributed by atoms with E-state index in [0.717, 1.165) is 38.7 Å². The molecule has 1 N–H and O–H groups in total. The molecule has 3 nitrogen and oxygen atoms in total. The van der Waals surface area contributed by atoms with Crippen LogP contribution in [0.25, 0.3) is 21.9 Å². The molecule has 138 valence electrons. The molecule has 0 radical (unpaired) electrons. The molecule has 0 saturated carbocycles. The summed E-state index contributed by atoms with van der Waals surface area (Å²) in [5.74, 6) is 0.578. The average Bonchev–Trinajstić information content (AvgIpc) is 2.71. The highest BCUT2D eigenvalue weighted by atomic mass is 16.6. The first-order chi connectivity index (χ1) is 13.6. The van der Waals surface area contributed by atoms with Crippen molar-refractivity contribution in [1.82, 2.24) is 0 Å². The van der Waals surface area contributed by atoms with Gasteiger partial charge in [0.05, 0.1) is 5.69 Å². The smallest absolute Gasteiger partial charge is 0.409 e. The summed E-state index contributed by atoms with van der Waals surface area (Å²) in [7, 11) is 0. The van der Waals surface area contributed by atoms with Crippen molar-refractivity contribution in [3.05, 3.63) is 96.1 Å². The molecule has 0 fully saturated rings. The van der Waals surface area contributed by atoms with Crippen LogP contribution >= 0.6 is 0 Å². The van der Waals surface area contributed by atoms with Gasteiger partial charge in [0.15, 0.2) is 0 Å². The molecular formula is C25H21NO2. The van der Waals surface area contributed by atoms with Gasteiger partial charge in [-0.2, -0.15) is 0 Å². The summed E-state index contributed by atoms with van der Waals surface area (Å²) in [6, 6.07) is 27.8. The van der Waals surface area contributed by atoms with Crippen molar-refractivity contribution in [2.45, 2.75) is 13.8 Å². The van der Waals surface area contributed by atoms with Gasteiger partial charge in [0.2, 0.25) is 0 Å². The third-order valence-electron chi connectivity index (χ3n) is 4.72. The van der Waals surface area contributed by atoms with Gasteiger partial charge in [-0.3, -0.25) is 5.32 Å². The first-order valence-corrected chi connectivity index (χ1v) is 9.25. The van der Waals surface area contributed by atoms with Crippen molar-refractivity contribution in [3.8, 4) is 16.9 Å². The van der Waals surface area contributed by atoms with Gasteiger partial charge in [0.1, 0.15) is 5.75 Å². The van der Waals surface area contributed by atoms with Crippen LogP contribution in [0.5, 0.6) is 5.75 Å². The minimum Gasteiger partial charge on any atom is -0.409 e. The number of amides is 1. The van der Waals surface area contributed by atoms with E-state index in [0.29, 0.717) is 5.75 Å². The first kappa shape index (κ1) is 17.8. The van der Waals surface area contributed by atoms with Crippen LogP contribution < -0.4 is 10.1 Å². The predicted octanol–water partition coefficient (Wildman–Crippen LogP) is 6.73. The number of aryl methyl sites for hydroxylation is 2. The zero-order valence-corrected chi connectivity index (χ0v) is 15.9. The Hall–Kier alpha value is -3.59. The van der Waals surface area contributed by atoms with Gasteiger partial charge in [0, 0.05) is 10.9 Å². The van der Waals surface area contributed by atoms with Gasteiger partial charge in [0.25, 0.3) is 0 Å². The summed E-state index contributed by atoms with van der Waals surface area (Å²) in [4.78, 5) is 12.7. The van der Waals surface area contributed by atoms with Gasteiger partial charge in [-0.1, -0.05) is 72.8 Å². The molecule has 0 saturated heterocycles. The van der Waals surface area contributed by atoms with Crippen molar-refractivity contribution >= 4 is 22.6 Å². The molecule has 0 aliphatic heterocycles. The van der Waals surface area contributed by atoms with Crippen LogP contribution in [0, 0.1) is 13.8 Å². The van der Waals surface area contributed by atoms with E-state index in [2.05, 4.69) is 5.32 Å². The van der Waals surface area contributed by atoms with Crippen LogP contribution in [-0.4, -0.2) is 6.09 Å². The van der Waals surface area contributed by atoms with Crippen LogP contribution in [0.4, 0.5) is 10.5 Å². The standard InChI is InChI=1S/C25H21NO2/c1-17-15-18(2)24(22(16-17)20-9-4-3-5-10-20)28-25(27)26-23-14-8-12-19-11-6-7-13-21(19)23/h3-16H,1-2H3,(H,26,27). The first-order valence-electron chi connectivity index (χ1n) is 9.25. The molecule has 0 atom stereocenters. The second kappa shape index (κ2) is 7.57. The lowest BCUT2D eigenvalue weighted by atomic mass is 9.99. The lowest BCUT2D eigenvalue weighted by Crippen LogP contribution is -2.18. The number of ether oxygens (including phenoxy) is 1. The van der Waals surface area contributed by atoms with Crippen LogP contribution in [0.3, 0.4) is 0 Å². The number of carbonyl (C=O) groups excluding carboxylic acids is 1. The number of hydrogen-bond acceptors (Lipinski definition) is 2. The average molecular weight is 367 g/mol. The Morgan fingerprint density at radius 3 is 2.36 bits per heavy atom. The molecule has 0 unspecified atom stereocenters. The van der Waals surface area contributed by atoms with E-state index in [1.54, 1.807) is 0 Å². The van der Waals surface area contributed by atoms with Crippen molar-refractivity contribution < 1.29 is 9.53 Å². The molecule has 0 spiro atoms. The second-order valence-electron chi connectivity index (χ2n) is 6.87. The van der Waals surface area contributed by atoms with E-state index in [1.165, 1.54) is 0 Å². The number of carbonyl (C=O) groups is 1. The minimum atomic E-state index is -0.500. The van der Waals surface area contributed by atoms with Crippen molar-refractivity contribution in [1.29, 1.82) is 0 Å². The molecule has 0 aliphatic rings. The van der Waals surface area contributed by atoms with E-state index in [9.17, 15) is 4.79 Å². The van der Waals surface area contributed by atoms with Gasteiger partial charge in [-0.05, 0) is 48.1 Å². The van der Waals surface area contributed by atoms with E-state index in [1.807, 2.05) is 98.8 Å². The largest absolute Gasteiger partial charge is 0.417 e. The topological polar surface area (TPSA) is 38.3 Å². The Kier molecular flexibility index (Phi) is 4.81. The third-order valence-corrected chi connectivity index (χ3v) is 4.72. The highest BCUT2D eigenvalue weighted by Gasteiger charge is 2.15. The fourth-order valence-corrected chi connectivity index (χ4v) is 3.48. The predicted molar refractivity (Wildman–Crippen MR) is 115 cm³/mol. The highest BCUT2D eigenvalue weighted by molar-refractivity contribution is 6.00. The lowest BCUT2D eigenvalue weighted by Gasteiger charge is -2.15. The molecular weight excluding hydrogens is 346 g/mol. The lowest BCUT2D eigenvalue weighted by molar-refractivity contribution is 0.215. The van der Waals surface area contributed by atoms with Crippen LogP contribution in [-0.2, 0) is 0 Å². The summed E-state index contributed by atoms with van der Waals surface area (Å²) < 4.78 is 5.79. The zero-order chi connectivity index (χ0) is 19.5. The maximum atomic E-state index is 12.7. The molecule has 4 aromatic carbocycles. The van der Waals surface area contributed by atoms with Crippen LogP contribution in [0.1, 0.15) is 11.1 Å². The van der Waals surface area contributed by atoms with E-state index < -0.39 is 6.09 Å². The molecule has 0 bridgehead atoms. The molecule has 0 heterocycles. The second-order valence-corrected chi connectivity index (χ2v) is 6.87. The summed E-state index contributed by atoms with van der Waals surface area (Å²) in [6.45, 7) is 4.00. The van der Waals surface area contributed by atoms with Gasteiger partial charge >= 0.3 is 6.09 Å². The maximum absolute atomic E-state index is 12.7. The summed E-state index contributed by atoms with van der Waals surface area (Å²) in [5.41, 5.74) is 4.70. The van der Waals surface area contributed by atoms with Crippen molar-refractivity contribution in [2.24, 2.45) is 0 Å². The Balaban J connectivity index is 1.66. The maximum Gasteiger partial charge on any atom is 0.417 e. The van der Waals surface area contributed by atoms with Gasteiger partial charge < -0.3 is 4.74 Å². The van der Waals surface area contributed by atoms with Gasteiger partial charge in [-0.25, -0.2) is 4.79 Å². The molecule has 4 rings (SSSR count). The molecule has 4 aromatic rings. The van der Waals surface area contributed by atoms with Crippen molar-refractivity contribution in [2.75, 3.05) is 5.32 Å². The van der Waals surface area contributed by atoms with Crippen LogP contribution in [0.2, 0.25) is 0 Å². The molecule has 0 aromatic heterocycles. The number of hydrogen-bond donors (Lipinski definition) is 1.